The van der Waals surface area contributed by atoms with E-state index in [0.717, 1.165) is 4.57 Å². The zero-order valence-corrected chi connectivity index (χ0v) is 24.1. The molecule has 0 spiro atoms. The van der Waals surface area contributed by atoms with Crippen molar-refractivity contribution in [2.45, 2.75) is 25.4 Å². The number of nitrogens with two attached hydrogens (primary N) is 2. The lowest BCUT2D eigenvalue weighted by Gasteiger charge is -2.35. The number of carbonyl (C=O) groups is 1. The number of nitrogens with one attached hydrogen (secondary N) is 5. The molecular weight excluding hydrogens is 594 g/mol. The number of imidazole rings is 1. The Morgan fingerprint density at radius 3 is 2.42 bits per heavy atom. The molecule has 21 heteroatoms. The Kier molecular flexibility index (Phi) is 8.45. The monoisotopic (exact) mass is 625 g/mol. The van der Waals surface area contributed by atoms with Crippen molar-refractivity contribution >= 4 is 46.4 Å². The molecule has 0 radical (unpaired) electrons. The van der Waals surface area contributed by atoms with Crippen LogP contribution in [-0.4, -0.2) is 112 Å². The topological polar surface area (TPSA) is 308 Å². The SMILES string of the molecule is CNc1nc2c(c(=O)[nH]1)C(N)=NC(O)N2CCN(CCn1c(=O)nc(N)c2c(=O)[nH]c(NC)nc21)[C@@H](Cc1c[nH]cn1)C(=O)O. The maximum atomic E-state index is 13.0. The van der Waals surface area contributed by atoms with E-state index >= 15 is 0 Å². The van der Waals surface area contributed by atoms with Crippen LogP contribution in [0.25, 0.3) is 11.0 Å². The fourth-order valence-corrected chi connectivity index (χ4v) is 4.99. The number of hydrogen-bond acceptors (Lipinski definition) is 16. The molecule has 0 aliphatic carbocycles. The number of hydrogen-bond donors (Lipinski definition) is 9. The van der Waals surface area contributed by atoms with Crippen LogP contribution in [0.15, 0.2) is 31.9 Å². The lowest BCUT2D eigenvalue weighted by atomic mass is 10.1. The van der Waals surface area contributed by atoms with Crippen LogP contribution in [0.2, 0.25) is 0 Å². The van der Waals surface area contributed by atoms with Crippen LogP contribution in [0.1, 0.15) is 11.3 Å². The number of aliphatic carboxylic acids is 1. The van der Waals surface area contributed by atoms with Crippen molar-refractivity contribution in [2.24, 2.45) is 10.7 Å². The van der Waals surface area contributed by atoms with Crippen molar-refractivity contribution < 1.29 is 15.0 Å². The summed E-state index contributed by atoms with van der Waals surface area (Å²) >= 11 is 0. The van der Waals surface area contributed by atoms with Gasteiger partial charge in [-0.15, -0.1) is 0 Å². The number of carboxylic acids is 1. The van der Waals surface area contributed by atoms with Crippen molar-refractivity contribution in [3.05, 3.63) is 55.0 Å². The quantitative estimate of drug-likeness (QED) is 0.0736. The Morgan fingerprint density at radius 2 is 1.76 bits per heavy atom. The first-order valence-electron chi connectivity index (χ1n) is 13.5. The molecule has 0 saturated carbocycles. The van der Waals surface area contributed by atoms with E-state index in [-0.39, 0.29) is 78.6 Å². The predicted octanol–water partition coefficient (Wildman–Crippen LogP) is -3.55. The number of aliphatic imine (C=N–C) groups is 1. The van der Waals surface area contributed by atoms with Gasteiger partial charge in [-0.25, -0.2) is 14.8 Å². The molecule has 0 amide bonds. The van der Waals surface area contributed by atoms with E-state index in [2.05, 4.69) is 50.5 Å². The lowest BCUT2D eigenvalue weighted by Crippen LogP contribution is -2.51. The summed E-state index contributed by atoms with van der Waals surface area (Å²) in [6.45, 7) is -0.343. The van der Waals surface area contributed by atoms with Gasteiger partial charge in [0, 0.05) is 52.9 Å². The van der Waals surface area contributed by atoms with Gasteiger partial charge in [-0.2, -0.15) is 15.0 Å². The highest BCUT2D eigenvalue weighted by Crippen LogP contribution is 2.23. The fraction of sp³-hybridized carbons (Fsp3) is 0.375. The van der Waals surface area contributed by atoms with Crippen molar-refractivity contribution in [3.8, 4) is 0 Å². The summed E-state index contributed by atoms with van der Waals surface area (Å²) in [6.07, 6.45) is 1.42. The Balaban J connectivity index is 1.51. The number of aromatic amines is 3. The summed E-state index contributed by atoms with van der Waals surface area (Å²) in [5, 5.41) is 26.4. The van der Waals surface area contributed by atoms with E-state index < -0.39 is 35.2 Å². The highest BCUT2D eigenvalue weighted by Gasteiger charge is 2.33. The third kappa shape index (κ3) is 6.01. The Labute approximate surface area is 252 Å². The summed E-state index contributed by atoms with van der Waals surface area (Å²) in [5.74, 6) is -1.49. The second-order valence-electron chi connectivity index (χ2n) is 9.87. The number of anilines is 4. The van der Waals surface area contributed by atoms with Gasteiger partial charge in [0.25, 0.3) is 11.1 Å². The van der Waals surface area contributed by atoms with Crippen molar-refractivity contribution in [1.82, 2.24) is 44.4 Å². The Morgan fingerprint density at radius 1 is 1.07 bits per heavy atom. The highest BCUT2D eigenvalue weighted by atomic mass is 16.4. The molecule has 1 unspecified atom stereocenters. The molecule has 238 valence electrons. The lowest BCUT2D eigenvalue weighted by molar-refractivity contribution is -0.143. The molecule has 4 aromatic rings. The minimum absolute atomic E-state index is 0.0254. The standard InChI is InChI=1S/C24H31N15O6/c1-27-21-33-16-12(18(40)35-21)14(25)31-23(44)38(16)5-3-37(11(20(42)43)7-10-8-29-9-30-10)4-6-39-17-13(15(26)32-24(39)45)19(41)36-22(28-2)34-17/h8-9,11,23,44H,3-7H2,1-2H3,(H2,25,31)(H,29,30)(H,42,43)(H2,26,32,45)(H2,27,33,35,40)(H2,28,34,36,41)/t11-,23?/m0/s1. The number of aliphatic hydroxyl groups is 1. The zero-order valence-electron chi connectivity index (χ0n) is 24.1. The number of rotatable bonds is 12. The highest BCUT2D eigenvalue weighted by molar-refractivity contribution is 6.03. The summed E-state index contributed by atoms with van der Waals surface area (Å²) < 4.78 is 1.12. The summed E-state index contributed by atoms with van der Waals surface area (Å²) in [6, 6.07) is -1.17. The first-order chi connectivity index (χ1) is 21.5. The Bertz CT molecular complexity index is 1930. The van der Waals surface area contributed by atoms with Crippen LogP contribution < -0.4 is 43.8 Å². The molecule has 2 atom stereocenters. The van der Waals surface area contributed by atoms with E-state index in [9.17, 15) is 29.4 Å². The second kappa shape index (κ2) is 12.4. The predicted molar refractivity (Wildman–Crippen MR) is 162 cm³/mol. The van der Waals surface area contributed by atoms with Gasteiger partial charge in [-0.3, -0.25) is 33.8 Å². The van der Waals surface area contributed by atoms with Gasteiger partial charge in [-0.05, 0) is 0 Å². The summed E-state index contributed by atoms with van der Waals surface area (Å²) in [7, 11) is 3.07. The number of aliphatic hydroxyl groups excluding tert-OH is 1. The van der Waals surface area contributed by atoms with E-state index in [1.165, 1.54) is 23.2 Å². The number of nitrogen functional groups attached to an aromatic ring is 1. The Hall–Kier alpha value is -5.83. The number of carboxylic acid groups (broad SMARTS) is 1. The normalized spacial score (nSPS) is 15.2. The van der Waals surface area contributed by atoms with Gasteiger partial charge in [0.15, 0.2) is 11.5 Å². The molecule has 1 aliphatic rings. The van der Waals surface area contributed by atoms with E-state index in [1.807, 2.05) is 0 Å². The number of nitrogens with zero attached hydrogens (tertiary/aromatic N) is 8. The molecule has 21 nitrogen and oxygen atoms in total. The molecule has 0 aromatic carbocycles. The largest absolute Gasteiger partial charge is 0.480 e. The first-order valence-corrected chi connectivity index (χ1v) is 13.5. The smallest absolute Gasteiger partial charge is 0.351 e. The van der Waals surface area contributed by atoms with Gasteiger partial charge < -0.3 is 42.2 Å². The van der Waals surface area contributed by atoms with E-state index in [0.29, 0.717) is 5.69 Å². The number of amidine groups is 1. The van der Waals surface area contributed by atoms with E-state index in [1.54, 1.807) is 13.2 Å². The van der Waals surface area contributed by atoms with Gasteiger partial charge in [0.05, 0.1) is 12.0 Å². The van der Waals surface area contributed by atoms with Gasteiger partial charge >= 0.3 is 11.7 Å². The molecule has 45 heavy (non-hydrogen) atoms. The van der Waals surface area contributed by atoms with Crippen molar-refractivity contribution in [1.29, 1.82) is 0 Å². The van der Waals surface area contributed by atoms with Crippen molar-refractivity contribution in [2.75, 3.05) is 55.0 Å². The van der Waals surface area contributed by atoms with Crippen LogP contribution in [-0.2, 0) is 17.8 Å². The average Bonchev–Trinajstić information content (AvgIpc) is 3.51. The minimum atomic E-state index is -1.53. The molecule has 11 N–H and O–H groups in total. The molecule has 5 rings (SSSR count). The molecule has 0 bridgehead atoms. The fourth-order valence-electron chi connectivity index (χ4n) is 4.99. The summed E-state index contributed by atoms with van der Waals surface area (Å²) in [5.41, 5.74) is 10.1. The van der Waals surface area contributed by atoms with Crippen LogP contribution in [0.3, 0.4) is 0 Å². The minimum Gasteiger partial charge on any atom is -0.480 e. The third-order valence-corrected chi connectivity index (χ3v) is 7.22. The molecule has 1 aliphatic heterocycles. The maximum Gasteiger partial charge on any atom is 0.351 e. The van der Waals surface area contributed by atoms with Crippen LogP contribution in [0.4, 0.5) is 23.5 Å². The molecule has 0 fully saturated rings. The number of H-pyrrole nitrogens is 3. The summed E-state index contributed by atoms with van der Waals surface area (Å²) in [4.78, 5) is 82.2. The van der Waals surface area contributed by atoms with E-state index in [4.69, 9.17) is 11.5 Å². The van der Waals surface area contributed by atoms with Crippen LogP contribution in [0.5, 0.6) is 0 Å². The van der Waals surface area contributed by atoms with Crippen LogP contribution in [0, 0.1) is 0 Å². The average molecular weight is 626 g/mol. The first kappa shape index (κ1) is 30.6. The van der Waals surface area contributed by atoms with Crippen LogP contribution >= 0.6 is 0 Å². The molecule has 5 heterocycles. The zero-order chi connectivity index (χ0) is 32.4. The number of aromatic nitrogens is 8. The van der Waals surface area contributed by atoms with Gasteiger partial charge in [0.1, 0.15) is 28.6 Å². The third-order valence-electron chi connectivity index (χ3n) is 7.22. The molecular formula is C24H31N15O6. The maximum absolute atomic E-state index is 13.0. The van der Waals surface area contributed by atoms with Gasteiger partial charge in [0.2, 0.25) is 18.2 Å². The second-order valence-corrected chi connectivity index (χ2v) is 9.87. The van der Waals surface area contributed by atoms with Crippen molar-refractivity contribution in [3.63, 3.8) is 0 Å². The molecule has 4 aromatic heterocycles. The number of fused-ring (bicyclic) bond motifs is 2. The molecule has 0 saturated heterocycles. The van der Waals surface area contributed by atoms with Gasteiger partial charge in [-0.1, -0.05) is 0 Å².